The first kappa shape index (κ1) is 23.3. The Bertz CT molecular complexity index is 1120. The highest BCUT2D eigenvalue weighted by molar-refractivity contribution is 7.99. The zero-order valence-electron chi connectivity index (χ0n) is 19.0. The topological polar surface area (TPSA) is 59.7 Å². The molecule has 1 saturated heterocycles. The Balaban J connectivity index is 1.05. The third-order valence-electron chi connectivity index (χ3n) is 7.08. The van der Waals surface area contributed by atoms with Crippen LogP contribution in [0.5, 0.6) is 0 Å². The zero-order chi connectivity index (χ0) is 23.8. The molecule has 2 aliphatic rings. The van der Waals surface area contributed by atoms with Crippen LogP contribution in [0.2, 0.25) is 0 Å². The van der Waals surface area contributed by atoms with E-state index in [2.05, 4.69) is 25.1 Å². The van der Waals surface area contributed by atoms with Gasteiger partial charge < -0.3 is 9.47 Å². The van der Waals surface area contributed by atoms with Crippen molar-refractivity contribution in [3.8, 4) is 11.5 Å². The number of hydrogen-bond donors (Lipinski definition) is 0. The molecule has 0 amide bonds. The number of halogens is 3. The van der Waals surface area contributed by atoms with E-state index >= 15 is 0 Å². The number of benzene rings is 1. The van der Waals surface area contributed by atoms with Crippen molar-refractivity contribution in [3.63, 3.8) is 0 Å². The first-order valence-electron chi connectivity index (χ1n) is 11.5. The minimum absolute atomic E-state index is 0.367. The van der Waals surface area contributed by atoms with Gasteiger partial charge in [0.1, 0.15) is 12.0 Å². The monoisotopic (exact) mass is 488 g/mol. The van der Waals surface area contributed by atoms with E-state index in [9.17, 15) is 13.2 Å². The second-order valence-electron chi connectivity index (χ2n) is 9.35. The third-order valence-corrected chi connectivity index (χ3v) is 8.19. The van der Waals surface area contributed by atoms with Crippen LogP contribution in [0.3, 0.4) is 0 Å². The van der Waals surface area contributed by atoms with Crippen LogP contribution in [-0.2, 0) is 19.6 Å². The lowest BCUT2D eigenvalue weighted by Gasteiger charge is -2.16. The van der Waals surface area contributed by atoms with Crippen LogP contribution >= 0.6 is 11.8 Å². The molecule has 2 atom stereocenters. The number of thioether (sulfide) groups is 1. The highest BCUT2D eigenvalue weighted by Crippen LogP contribution is 2.59. The van der Waals surface area contributed by atoms with E-state index in [4.69, 9.17) is 0 Å². The van der Waals surface area contributed by atoms with Gasteiger partial charge in [-0.25, -0.2) is 9.97 Å². The number of nitrogens with zero attached hydrogens (tertiary/aromatic N) is 6. The number of aromatic nitrogens is 5. The number of rotatable bonds is 8. The summed E-state index contributed by atoms with van der Waals surface area (Å²) in [6, 6.07) is 7.51. The van der Waals surface area contributed by atoms with Crippen LogP contribution in [0.25, 0.3) is 11.5 Å². The molecule has 34 heavy (non-hydrogen) atoms. The highest BCUT2D eigenvalue weighted by Gasteiger charge is 2.56. The molecule has 1 spiro atoms. The summed E-state index contributed by atoms with van der Waals surface area (Å²) >= 11 is 1.71. The first-order chi connectivity index (χ1) is 16.3. The Kier molecular flexibility index (Phi) is 6.37. The summed E-state index contributed by atoms with van der Waals surface area (Å²) in [4.78, 5) is 10.7. The normalized spacial score (nSPS) is 22.5. The number of likely N-dealkylation sites (tertiary alicyclic amines) is 1. The molecule has 1 aromatic carbocycles. The highest BCUT2D eigenvalue weighted by atomic mass is 32.2. The molecule has 2 fully saturated rings. The van der Waals surface area contributed by atoms with Gasteiger partial charge in [0.15, 0.2) is 11.0 Å². The quantitative estimate of drug-likeness (QED) is 0.338. The maximum Gasteiger partial charge on any atom is 0.416 e. The minimum Gasteiger partial charge on any atom is -0.304 e. The SMILES string of the molecule is Cn1c(SCCCN2CC[C@]3(C[C@H]3Cc3ccc(C(F)(F)F)cc3)C2)nnc1-c1ccncn1. The van der Waals surface area contributed by atoms with Gasteiger partial charge in [0.25, 0.3) is 0 Å². The van der Waals surface area contributed by atoms with Crippen LogP contribution < -0.4 is 0 Å². The van der Waals surface area contributed by atoms with Gasteiger partial charge in [0, 0.05) is 25.5 Å². The van der Waals surface area contributed by atoms with E-state index in [1.165, 1.54) is 31.3 Å². The predicted molar refractivity (Wildman–Crippen MR) is 124 cm³/mol. The van der Waals surface area contributed by atoms with Crippen molar-refractivity contribution in [3.05, 3.63) is 54.0 Å². The number of alkyl halides is 3. The second kappa shape index (κ2) is 9.30. The lowest BCUT2D eigenvalue weighted by atomic mass is 9.98. The van der Waals surface area contributed by atoms with E-state index in [1.807, 2.05) is 17.7 Å². The molecule has 5 rings (SSSR count). The standard InChI is InChI=1S/C24H27F3N6S/c1-32-21(20-7-9-28-16-29-20)30-31-22(32)34-12-2-10-33-11-8-23(15-33)14-19(23)13-17-3-5-18(6-4-17)24(25,26)27/h3-7,9,16,19H,2,8,10-15H2,1H3/t19-,23+/m1/s1. The molecule has 1 saturated carbocycles. The molecular weight excluding hydrogens is 461 g/mol. The van der Waals surface area contributed by atoms with Crippen molar-refractivity contribution in [2.24, 2.45) is 18.4 Å². The van der Waals surface area contributed by atoms with Crippen LogP contribution in [0.15, 0.2) is 48.0 Å². The summed E-state index contributed by atoms with van der Waals surface area (Å²) in [5, 5.41) is 9.45. The molecule has 3 aromatic rings. The Morgan fingerprint density at radius 3 is 2.71 bits per heavy atom. The Labute approximate surface area is 201 Å². The maximum atomic E-state index is 12.8. The van der Waals surface area contributed by atoms with Crippen molar-refractivity contribution in [1.29, 1.82) is 0 Å². The van der Waals surface area contributed by atoms with E-state index in [0.29, 0.717) is 11.3 Å². The van der Waals surface area contributed by atoms with Gasteiger partial charge in [-0.2, -0.15) is 13.2 Å². The summed E-state index contributed by atoms with van der Waals surface area (Å²) in [6.45, 7) is 3.26. The predicted octanol–water partition coefficient (Wildman–Crippen LogP) is 4.73. The molecule has 2 aromatic heterocycles. The Hall–Kier alpha value is -2.46. The molecule has 0 unspecified atom stereocenters. The van der Waals surface area contributed by atoms with Crippen molar-refractivity contribution in [2.75, 3.05) is 25.4 Å². The fraction of sp³-hybridized carbons (Fsp3) is 0.500. The average molecular weight is 489 g/mol. The molecular formula is C24H27F3N6S. The van der Waals surface area contributed by atoms with Gasteiger partial charge >= 0.3 is 6.18 Å². The largest absolute Gasteiger partial charge is 0.416 e. The molecule has 6 nitrogen and oxygen atoms in total. The van der Waals surface area contributed by atoms with Gasteiger partial charge in [0.05, 0.1) is 5.56 Å². The van der Waals surface area contributed by atoms with E-state index in [-0.39, 0.29) is 0 Å². The van der Waals surface area contributed by atoms with Gasteiger partial charge in [0.2, 0.25) is 0 Å². The van der Waals surface area contributed by atoms with Crippen LogP contribution in [-0.4, -0.2) is 55.0 Å². The summed E-state index contributed by atoms with van der Waals surface area (Å²) in [5.74, 6) is 2.29. The Morgan fingerprint density at radius 2 is 1.97 bits per heavy atom. The molecule has 0 bridgehead atoms. The minimum atomic E-state index is -4.27. The van der Waals surface area contributed by atoms with Crippen LogP contribution in [0, 0.1) is 11.3 Å². The van der Waals surface area contributed by atoms with E-state index in [0.717, 1.165) is 60.5 Å². The molecule has 10 heteroatoms. The average Bonchev–Trinajstić information content (AvgIpc) is 3.12. The third kappa shape index (κ3) is 4.98. The first-order valence-corrected chi connectivity index (χ1v) is 12.5. The maximum absolute atomic E-state index is 12.8. The zero-order valence-corrected chi connectivity index (χ0v) is 19.8. The van der Waals surface area contributed by atoms with Gasteiger partial charge in [-0.1, -0.05) is 23.9 Å². The van der Waals surface area contributed by atoms with Crippen molar-refractivity contribution in [1.82, 2.24) is 29.6 Å². The lowest BCUT2D eigenvalue weighted by molar-refractivity contribution is -0.137. The molecule has 3 heterocycles. The summed E-state index contributed by atoms with van der Waals surface area (Å²) < 4.78 is 40.3. The van der Waals surface area contributed by atoms with E-state index < -0.39 is 11.7 Å². The van der Waals surface area contributed by atoms with Gasteiger partial charge in [-0.3, -0.25) is 0 Å². The van der Waals surface area contributed by atoms with Gasteiger partial charge in [-0.05, 0) is 73.9 Å². The van der Waals surface area contributed by atoms with Crippen LogP contribution in [0.4, 0.5) is 13.2 Å². The van der Waals surface area contributed by atoms with Crippen molar-refractivity contribution < 1.29 is 13.2 Å². The van der Waals surface area contributed by atoms with Crippen LogP contribution in [0.1, 0.15) is 30.4 Å². The Morgan fingerprint density at radius 1 is 1.15 bits per heavy atom. The second-order valence-corrected chi connectivity index (χ2v) is 10.4. The molecule has 0 N–H and O–H groups in total. The summed E-state index contributed by atoms with van der Waals surface area (Å²) in [7, 11) is 1.95. The molecule has 1 aliphatic heterocycles. The fourth-order valence-electron chi connectivity index (χ4n) is 5.05. The molecule has 0 radical (unpaired) electrons. The van der Waals surface area contributed by atoms with Gasteiger partial charge in [-0.15, -0.1) is 10.2 Å². The number of hydrogen-bond acceptors (Lipinski definition) is 6. The summed E-state index contributed by atoms with van der Waals surface area (Å²) in [6.07, 6.45) is 3.26. The molecule has 1 aliphatic carbocycles. The fourth-order valence-corrected chi connectivity index (χ4v) is 5.88. The summed E-state index contributed by atoms with van der Waals surface area (Å²) in [5.41, 5.74) is 1.56. The van der Waals surface area contributed by atoms with E-state index in [1.54, 1.807) is 30.1 Å². The van der Waals surface area contributed by atoms with Crippen molar-refractivity contribution >= 4 is 11.8 Å². The lowest BCUT2D eigenvalue weighted by Crippen LogP contribution is -2.23. The smallest absolute Gasteiger partial charge is 0.304 e. The van der Waals surface area contributed by atoms with Crippen molar-refractivity contribution in [2.45, 2.75) is 37.0 Å². The molecule has 180 valence electrons.